The summed E-state index contributed by atoms with van der Waals surface area (Å²) in [6.07, 6.45) is 0. The van der Waals surface area contributed by atoms with E-state index in [1.807, 2.05) is 22.7 Å². The molecule has 4 heteroatoms. The molecule has 0 amide bonds. The average Bonchev–Trinajstić information content (AvgIpc) is 4.09. The highest BCUT2D eigenvalue weighted by Gasteiger charge is 2.28. The Bertz CT molecular complexity index is 4020. The summed E-state index contributed by atoms with van der Waals surface area (Å²) in [7, 11) is 0. The summed E-state index contributed by atoms with van der Waals surface area (Å²) in [6, 6.07) is 77.6. The SMILES string of the molecule is c1ccc(-n2c3ccccc3c3cc4c(cc32)-c2cc3c(cc2-c2cc5sc6ccccc6c5cc2-c2cc5c(cc2-4)sc2ccccc25)c2ccccc2n3-c2ccccc2)cc1. The van der Waals surface area contributed by atoms with E-state index in [9.17, 15) is 0 Å². The molecular formula is C60H34N2S2. The van der Waals surface area contributed by atoms with Crippen molar-refractivity contribution in [1.82, 2.24) is 9.13 Å². The zero-order valence-corrected chi connectivity index (χ0v) is 36.0. The predicted octanol–water partition coefficient (Wildman–Crippen LogP) is 17.6. The predicted molar refractivity (Wildman–Crippen MR) is 276 cm³/mol. The molecule has 4 aromatic heterocycles. The minimum absolute atomic E-state index is 1.16. The number of benzene rings is 10. The largest absolute Gasteiger partial charge is 0.309 e. The number of aromatic nitrogens is 2. The Kier molecular flexibility index (Phi) is 7.01. The van der Waals surface area contributed by atoms with Crippen LogP contribution < -0.4 is 0 Å². The summed E-state index contributed by atoms with van der Waals surface area (Å²) >= 11 is 3.80. The number of nitrogens with zero attached hydrogens (tertiary/aromatic N) is 2. The molecular weight excluding hydrogens is 813 g/mol. The second kappa shape index (κ2) is 12.9. The summed E-state index contributed by atoms with van der Waals surface area (Å²) in [4.78, 5) is 0. The van der Waals surface area contributed by atoms with Crippen molar-refractivity contribution in [3.05, 3.63) is 206 Å². The minimum Gasteiger partial charge on any atom is -0.309 e. The van der Waals surface area contributed by atoms with Crippen molar-refractivity contribution in [3.8, 4) is 55.9 Å². The van der Waals surface area contributed by atoms with Crippen molar-refractivity contribution >= 4 is 107 Å². The summed E-state index contributed by atoms with van der Waals surface area (Å²) in [5.74, 6) is 0. The second-order valence-corrected chi connectivity index (χ2v) is 19.4. The number of para-hydroxylation sites is 4. The maximum Gasteiger partial charge on any atom is 0.0547 e. The normalized spacial score (nSPS) is 12.4. The third-order valence-corrected chi connectivity index (χ3v) is 16.1. The molecule has 10 aromatic carbocycles. The first-order chi connectivity index (χ1) is 31.7. The van der Waals surface area contributed by atoms with Gasteiger partial charge in [0.2, 0.25) is 0 Å². The molecule has 0 saturated heterocycles. The molecule has 0 N–H and O–H groups in total. The maximum atomic E-state index is 2.52. The van der Waals surface area contributed by atoms with Crippen LogP contribution in [-0.4, -0.2) is 9.13 Å². The van der Waals surface area contributed by atoms with Gasteiger partial charge in [-0.3, -0.25) is 0 Å². The van der Waals surface area contributed by atoms with Gasteiger partial charge in [0.05, 0.1) is 22.1 Å². The van der Waals surface area contributed by atoms with Crippen molar-refractivity contribution < 1.29 is 0 Å². The first-order valence-electron chi connectivity index (χ1n) is 21.9. The molecule has 64 heavy (non-hydrogen) atoms. The fourth-order valence-corrected chi connectivity index (χ4v) is 13.3. The third kappa shape index (κ3) is 4.73. The molecule has 4 heterocycles. The lowest BCUT2D eigenvalue weighted by atomic mass is 9.79. The summed E-state index contributed by atoms with van der Waals surface area (Å²) in [5, 5.41) is 10.3. The molecule has 0 radical (unpaired) electrons. The highest BCUT2D eigenvalue weighted by atomic mass is 32.1. The molecule has 2 nitrogen and oxygen atoms in total. The summed E-state index contributed by atoms with van der Waals surface area (Å²) < 4.78 is 10.2. The standard InChI is InChI=1S/C60H34N2S2/c1-3-15-35(16-4-1)61-53-23-11-7-19-37(53)49-27-41-45(31-55(49)61)46-32-56-50(38-20-8-12-24-54(38)62(56)36-17-5-2-6-18-36)28-42(46)48-34-60-52(40-22-10-14-26-58(40)64-60)30-44(48)43-29-51-39-21-9-13-25-57(39)63-59(51)33-47(41)43/h1-34H. The van der Waals surface area contributed by atoms with E-state index >= 15 is 0 Å². The van der Waals surface area contributed by atoms with Gasteiger partial charge in [0.1, 0.15) is 0 Å². The molecule has 0 aliphatic heterocycles. The van der Waals surface area contributed by atoms with Crippen LogP contribution in [-0.2, 0) is 0 Å². The number of thiophene rings is 2. The van der Waals surface area contributed by atoms with E-state index in [1.54, 1.807) is 0 Å². The first-order valence-corrected chi connectivity index (χ1v) is 23.5. The fourth-order valence-electron chi connectivity index (χ4n) is 11.1. The lowest BCUT2D eigenvalue weighted by Crippen LogP contribution is -2.00. The van der Waals surface area contributed by atoms with Crippen LogP contribution in [0.4, 0.5) is 0 Å². The monoisotopic (exact) mass is 846 g/mol. The van der Waals surface area contributed by atoms with Crippen molar-refractivity contribution in [3.63, 3.8) is 0 Å². The zero-order chi connectivity index (χ0) is 41.6. The van der Waals surface area contributed by atoms with Crippen LogP contribution in [0, 0.1) is 0 Å². The van der Waals surface area contributed by atoms with E-state index in [-0.39, 0.29) is 0 Å². The molecule has 14 aromatic rings. The molecule has 0 bridgehead atoms. The smallest absolute Gasteiger partial charge is 0.0547 e. The average molecular weight is 847 g/mol. The highest BCUT2D eigenvalue weighted by molar-refractivity contribution is 7.26. The van der Waals surface area contributed by atoms with Gasteiger partial charge in [0, 0.05) is 73.3 Å². The van der Waals surface area contributed by atoms with Crippen LogP contribution in [0.3, 0.4) is 0 Å². The van der Waals surface area contributed by atoms with Crippen LogP contribution in [0.15, 0.2) is 206 Å². The molecule has 0 fully saturated rings. The first kappa shape index (κ1) is 34.8. The molecule has 1 aliphatic carbocycles. The quantitative estimate of drug-likeness (QED) is 0.164. The highest BCUT2D eigenvalue weighted by Crippen LogP contribution is 2.55. The number of rotatable bonds is 2. The lowest BCUT2D eigenvalue weighted by Gasteiger charge is -2.25. The number of fused-ring (bicyclic) bond motifs is 20. The van der Waals surface area contributed by atoms with Crippen LogP contribution >= 0.6 is 22.7 Å². The van der Waals surface area contributed by atoms with Gasteiger partial charge < -0.3 is 9.13 Å². The maximum absolute atomic E-state index is 2.52. The topological polar surface area (TPSA) is 9.86 Å². The van der Waals surface area contributed by atoms with Crippen LogP contribution in [0.2, 0.25) is 0 Å². The zero-order valence-electron chi connectivity index (χ0n) is 34.3. The van der Waals surface area contributed by atoms with Gasteiger partial charge in [-0.1, -0.05) is 109 Å². The van der Waals surface area contributed by atoms with Crippen molar-refractivity contribution in [2.24, 2.45) is 0 Å². The molecule has 0 saturated carbocycles. The van der Waals surface area contributed by atoms with Crippen molar-refractivity contribution in [1.29, 1.82) is 0 Å². The molecule has 296 valence electrons. The minimum atomic E-state index is 1.16. The van der Waals surface area contributed by atoms with E-state index in [0.717, 1.165) is 11.4 Å². The Hall–Kier alpha value is -7.76. The molecule has 1 aliphatic rings. The Balaban J connectivity index is 1.18. The van der Waals surface area contributed by atoms with Gasteiger partial charge in [-0.15, -0.1) is 22.7 Å². The third-order valence-electron chi connectivity index (χ3n) is 13.8. The van der Waals surface area contributed by atoms with Crippen LogP contribution in [0.5, 0.6) is 0 Å². The van der Waals surface area contributed by atoms with Gasteiger partial charge in [-0.05, 0) is 142 Å². The molecule has 15 rings (SSSR count). The van der Waals surface area contributed by atoms with E-state index in [1.165, 1.54) is 128 Å². The van der Waals surface area contributed by atoms with Crippen molar-refractivity contribution in [2.75, 3.05) is 0 Å². The molecule has 0 atom stereocenters. The van der Waals surface area contributed by atoms with E-state index < -0.39 is 0 Å². The fraction of sp³-hybridized carbons (Fsp3) is 0. The Morgan fingerprint density at radius 3 is 0.984 bits per heavy atom. The second-order valence-electron chi connectivity index (χ2n) is 17.2. The Labute approximate surface area is 375 Å². The molecule has 0 spiro atoms. The van der Waals surface area contributed by atoms with Gasteiger partial charge in [-0.2, -0.15) is 0 Å². The van der Waals surface area contributed by atoms with Gasteiger partial charge in [0.15, 0.2) is 0 Å². The van der Waals surface area contributed by atoms with Gasteiger partial charge >= 0.3 is 0 Å². The van der Waals surface area contributed by atoms with Gasteiger partial charge in [-0.25, -0.2) is 0 Å². The van der Waals surface area contributed by atoms with Crippen molar-refractivity contribution in [2.45, 2.75) is 0 Å². The van der Waals surface area contributed by atoms with E-state index in [2.05, 4.69) is 215 Å². The Morgan fingerprint density at radius 1 is 0.219 bits per heavy atom. The van der Waals surface area contributed by atoms with Gasteiger partial charge in [0.25, 0.3) is 0 Å². The Morgan fingerprint density at radius 2 is 0.547 bits per heavy atom. The van der Waals surface area contributed by atoms with Crippen LogP contribution in [0.1, 0.15) is 0 Å². The number of hydrogen-bond acceptors (Lipinski definition) is 2. The molecule has 0 unspecified atom stereocenters. The lowest BCUT2D eigenvalue weighted by molar-refractivity contribution is 1.18. The van der Waals surface area contributed by atoms with E-state index in [4.69, 9.17) is 0 Å². The summed E-state index contributed by atoms with van der Waals surface area (Å²) in [6.45, 7) is 0. The number of hydrogen-bond donors (Lipinski definition) is 0. The van der Waals surface area contributed by atoms with E-state index in [0.29, 0.717) is 0 Å². The summed E-state index contributed by atoms with van der Waals surface area (Å²) in [5.41, 5.74) is 17.2. The van der Waals surface area contributed by atoms with Crippen LogP contribution in [0.25, 0.3) is 140 Å².